The van der Waals surface area contributed by atoms with Gasteiger partial charge in [0.1, 0.15) is 11.9 Å². The molecular weight excluding hydrogens is 357 g/mol. The molecule has 2 rings (SSSR count). The molecule has 1 heterocycles. The highest BCUT2D eigenvalue weighted by molar-refractivity contribution is 7.78. The van der Waals surface area contributed by atoms with Gasteiger partial charge in [0.25, 0.3) is 0 Å². The van der Waals surface area contributed by atoms with Gasteiger partial charge < -0.3 is 29.5 Å². The maximum absolute atomic E-state index is 11.0. The smallest absolute Gasteiger partial charge is 0.325 e. The molecule has 1 aromatic carbocycles. The van der Waals surface area contributed by atoms with Gasteiger partial charge in [0.05, 0.1) is 29.2 Å². The average molecular weight is 375 g/mol. The zero-order valence-corrected chi connectivity index (χ0v) is 14.3. The normalized spacial score (nSPS) is 27.3. The van der Waals surface area contributed by atoms with Crippen LogP contribution in [0.3, 0.4) is 0 Å². The second-order valence-corrected chi connectivity index (χ2v) is 7.37. The Morgan fingerprint density at radius 2 is 2.00 bits per heavy atom. The summed E-state index contributed by atoms with van der Waals surface area (Å²) in [7, 11) is -4.16. The van der Waals surface area contributed by atoms with E-state index in [1.165, 1.54) is 0 Å². The van der Waals surface area contributed by atoms with Crippen molar-refractivity contribution >= 4 is 30.7 Å². The number of isothiocyanates is 1. The molecule has 1 fully saturated rings. The third-order valence-corrected chi connectivity index (χ3v) is 4.44. The molecule has 1 aliphatic heterocycles. The van der Waals surface area contributed by atoms with E-state index < -0.39 is 32.2 Å². The summed E-state index contributed by atoms with van der Waals surface area (Å²) in [5.41, 5.74) is 0.585. The lowest BCUT2D eigenvalue weighted by atomic mass is 10.0. The van der Waals surface area contributed by atoms with Crippen LogP contribution >= 0.6 is 19.8 Å². The first kappa shape index (κ1) is 19.2. The Balaban J connectivity index is 2.01. The first-order valence-electron chi connectivity index (χ1n) is 7.19. The Bertz CT molecular complexity index is 643. The van der Waals surface area contributed by atoms with E-state index in [-0.39, 0.29) is 19.0 Å². The fraction of sp³-hybridized carbons (Fsp3) is 0.500. The molecule has 0 aliphatic carbocycles. The van der Waals surface area contributed by atoms with E-state index in [1.54, 1.807) is 24.3 Å². The molecule has 0 bridgehead atoms. The zero-order chi connectivity index (χ0) is 17.7. The molecule has 1 aliphatic rings. The van der Waals surface area contributed by atoms with Gasteiger partial charge in [-0.15, -0.1) is 0 Å². The van der Waals surface area contributed by atoms with Crippen molar-refractivity contribution < 1.29 is 34.0 Å². The molecule has 0 amide bonds. The minimum atomic E-state index is -4.16. The Labute approximate surface area is 143 Å². The van der Waals surface area contributed by atoms with Crippen molar-refractivity contribution in [3.8, 4) is 5.75 Å². The van der Waals surface area contributed by atoms with Gasteiger partial charge in [-0.1, -0.05) is 0 Å². The molecule has 0 saturated carbocycles. The fourth-order valence-corrected chi connectivity index (χ4v) is 3.03. The van der Waals surface area contributed by atoms with Crippen LogP contribution in [0.2, 0.25) is 0 Å². The predicted octanol–water partition coefficient (Wildman–Crippen LogP) is 1.20. The van der Waals surface area contributed by atoms with E-state index in [0.29, 0.717) is 11.4 Å². The van der Waals surface area contributed by atoms with Crippen LogP contribution < -0.4 is 4.74 Å². The third-order valence-electron chi connectivity index (χ3n) is 3.51. The highest BCUT2D eigenvalue weighted by Gasteiger charge is 2.38. The van der Waals surface area contributed by atoms with E-state index in [9.17, 15) is 14.8 Å². The molecule has 1 saturated heterocycles. The van der Waals surface area contributed by atoms with Gasteiger partial charge in [-0.3, -0.25) is 4.57 Å². The van der Waals surface area contributed by atoms with Crippen molar-refractivity contribution in [2.24, 2.45) is 4.99 Å². The Kier molecular flexibility index (Phi) is 6.62. The number of hydrogen-bond acceptors (Lipinski definition) is 7. The van der Waals surface area contributed by atoms with Crippen LogP contribution in [-0.2, 0) is 9.30 Å². The average Bonchev–Trinajstić information content (AvgIpc) is 2.51. The molecule has 10 heteroatoms. The number of thiocarbonyl (C=S) groups is 1. The number of rotatable bonds is 6. The number of hydrogen-bond donors (Lipinski definition) is 4. The molecule has 4 atom stereocenters. The van der Waals surface area contributed by atoms with Crippen molar-refractivity contribution in [2.75, 3.05) is 6.16 Å². The highest BCUT2D eigenvalue weighted by Crippen LogP contribution is 2.37. The van der Waals surface area contributed by atoms with Gasteiger partial charge in [0, 0.05) is 6.42 Å². The lowest BCUT2D eigenvalue weighted by molar-refractivity contribution is -0.235. The molecule has 0 unspecified atom stereocenters. The third kappa shape index (κ3) is 5.73. The lowest BCUT2D eigenvalue weighted by Crippen LogP contribution is -2.51. The Morgan fingerprint density at radius 1 is 1.33 bits per heavy atom. The number of ether oxygens (including phenoxy) is 2. The number of benzene rings is 1. The summed E-state index contributed by atoms with van der Waals surface area (Å²) in [5, 5.41) is 22.1. The van der Waals surface area contributed by atoms with Crippen LogP contribution in [0.1, 0.15) is 12.8 Å². The largest absolute Gasteiger partial charge is 0.462 e. The number of aliphatic imine (C=N–C) groups is 1. The molecule has 132 valence electrons. The van der Waals surface area contributed by atoms with Crippen molar-refractivity contribution in [1.82, 2.24) is 0 Å². The lowest BCUT2D eigenvalue weighted by Gasteiger charge is -2.37. The van der Waals surface area contributed by atoms with Gasteiger partial charge in [-0.25, -0.2) is 0 Å². The van der Waals surface area contributed by atoms with Crippen molar-refractivity contribution in [3.05, 3.63) is 24.3 Å². The molecule has 0 spiro atoms. The standard InChI is InChI=1S/C14H18NO7PS/c16-12-7-11(5-6-23(18,19)20)22-14(13(12)17)21-10-3-1-9(2-4-10)15-8-24/h1-4,11-14,16-17H,5-7H2,(H2,18,19,20)/t11-,12+,13+,14+/m1/s1. The van der Waals surface area contributed by atoms with Crippen LogP contribution in [0.5, 0.6) is 5.75 Å². The van der Waals surface area contributed by atoms with Gasteiger partial charge in [0.15, 0.2) is 0 Å². The second kappa shape index (κ2) is 8.29. The van der Waals surface area contributed by atoms with E-state index in [2.05, 4.69) is 22.4 Å². The summed E-state index contributed by atoms with van der Waals surface area (Å²) in [5.74, 6) is 0.380. The maximum Gasteiger partial charge on any atom is 0.325 e. The summed E-state index contributed by atoms with van der Waals surface area (Å²) in [4.78, 5) is 21.7. The summed E-state index contributed by atoms with van der Waals surface area (Å²) in [6, 6.07) is 6.44. The molecule has 24 heavy (non-hydrogen) atoms. The predicted molar refractivity (Wildman–Crippen MR) is 88.6 cm³/mol. The molecule has 1 aromatic rings. The van der Waals surface area contributed by atoms with E-state index in [0.717, 1.165) is 0 Å². The van der Waals surface area contributed by atoms with Gasteiger partial charge in [0.2, 0.25) is 6.29 Å². The Hall–Kier alpha value is -1.15. The first-order chi connectivity index (χ1) is 11.3. The van der Waals surface area contributed by atoms with Crippen LogP contribution in [0.4, 0.5) is 5.69 Å². The summed E-state index contributed by atoms with van der Waals surface area (Å²) in [6.07, 6.45) is -4.38. The van der Waals surface area contributed by atoms with Crippen molar-refractivity contribution in [1.29, 1.82) is 0 Å². The topological polar surface area (TPSA) is 129 Å². The van der Waals surface area contributed by atoms with Crippen molar-refractivity contribution in [3.63, 3.8) is 0 Å². The highest BCUT2D eigenvalue weighted by atomic mass is 32.1. The minimum Gasteiger partial charge on any atom is -0.462 e. The minimum absolute atomic E-state index is 0.0518. The number of aliphatic hydroxyl groups excluding tert-OH is 2. The van der Waals surface area contributed by atoms with Gasteiger partial charge >= 0.3 is 7.60 Å². The van der Waals surface area contributed by atoms with Crippen LogP contribution in [0, 0.1) is 0 Å². The maximum atomic E-state index is 11.0. The van der Waals surface area contributed by atoms with Crippen LogP contribution in [0.15, 0.2) is 29.3 Å². The number of nitrogens with zero attached hydrogens (tertiary/aromatic N) is 1. The van der Waals surface area contributed by atoms with Gasteiger partial charge in [-0.2, -0.15) is 4.99 Å². The zero-order valence-electron chi connectivity index (χ0n) is 12.6. The molecule has 0 aromatic heterocycles. The van der Waals surface area contributed by atoms with E-state index in [1.807, 2.05) is 0 Å². The van der Waals surface area contributed by atoms with E-state index >= 15 is 0 Å². The summed E-state index contributed by atoms with van der Waals surface area (Å²) in [6.45, 7) is 0. The SMILES string of the molecule is O=P(O)(O)CC[C@@H]1C[C@H](O)[C@H](O)[C@@H](Oc2ccc(N=C=S)cc2)O1. The molecule has 4 N–H and O–H groups in total. The Morgan fingerprint density at radius 3 is 2.58 bits per heavy atom. The molecule has 0 radical (unpaired) electrons. The molecular formula is C14H18NO7PS. The van der Waals surface area contributed by atoms with Crippen molar-refractivity contribution in [2.45, 2.75) is 37.4 Å². The van der Waals surface area contributed by atoms with Crippen LogP contribution in [0.25, 0.3) is 0 Å². The second-order valence-electron chi connectivity index (χ2n) is 5.41. The number of aliphatic hydroxyl groups is 2. The summed E-state index contributed by atoms with van der Waals surface area (Å²) < 4.78 is 22.0. The molecule has 8 nitrogen and oxygen atoms in total. The van der Waals surface area contributed by atoms with E-state index in [4.69, 9.17) is 19.3 Å². The first-order valence-corrected chi connectivity index (χ1v) is 9.40. The quantitative estimate of drug-likeness (QED) is 0.332. The monoisotopic (exact) mass is 375 g/mol. The fourth-order valence-electron chi connectivity index (χ4n) is 2.30. The van der Waals surface area contributed by atoms with Crippen LogP contribution in [-0.4, -0.2) is 55.9 Å². The van der Waals surface area contributed by atoms with Gasteiger partial charge in [-0.05, 0) is 42.9 Å². The summed E-state index contributed by atoms with van der Waals surface area (Å²) >= 11 is 4.51.